The van der Waals surface area contributed by atoms with Gasteiger partial charge in [-0.15, -0.1) is 0 Å². The van der Waals surface area contributed by atoms with Crippen LogP contribution in [-0.2, 0) is 11.2 Å². The van der Waals surface area contributed by atoms with Crippen LogP contribution in [-0.4, -0.2) is 19.1 Å². The van der Waals surface area contributed by atoms with E-state index in [1.807, 2.05) is 12.1 Å². The minimum Gasteiger partial charge on any atom is -0.492 e. The summed E-state index contributed by atoms with van der Waals surface area (Å²) in [5, 5.41) is 2.91. The fourth-order valence-electron chi connectivity index (χ4n) is 1.98. The van der Waals surface area contributed by atoms with E-state index in [0.29, 0.717) is 13.2 Å². The number of rotatable bonds is 6. The number of aryl methyl sites for hydroxylation is 1. The van der Waals surface area contributed by atoms with Gasteiger partial charge in [0, 0.05) is 5.92 Å². The summed E-state index contributed by atoms with van der Waals surface area (Å²) in [5.74, 6) is 1.31. The van der Waals surface area contributed by atoms with Gasteiger partial charge in [0.25, 0.3) is 0 Å². The van der Waals surface area contributed by atoms with E-state index >= 15 is 0 Å². The van der Waals surface area contributed by atoms with Crippen molar-refractivity contribution in [2.24, 2.45) is 5.92 Å². The zero-order chi connectivity index (χ0) is 12.8. The van der Waals surface area contributed by atoms with Crippen molar-refractivity contribution >= 4 is 5.91 Å². The van der Waals surface area contributed by atoms with Crippen LogP contribution in [0.2, 0.25) is 0 Å². The number of carbonyl (C=O) groups is 1. The van der Waals surface area contributed by atoms with Gasteiger partial charge in [-0.3, -0.25) is 4.79 Å². The van der Waals surface area contributed by atoms with Crippen LogP contribution in [0, 0.1) is 5.92 Å². The zero-order valence-electron chi connectivity index (χ0n) is 10.9. The van der Waals surface area contributed by atoms with E-state index in [-0.39, 0.29) is 11.8 Å². The van der Waals surface area contributed by atoms with E-state index in [2.05, 4.69) is 24.4 Å². The molecule has 1 aliphatic carbocycles. The van der Waals surface area contributed by atoms with Gasteiger partial charge in [0.15, 0.2) is 0 Å². The lowest BCUT2D eigenvalue weighted by molar-refractivity contribution is -0.127. The lowest BCUT2D eigenvalue weighted by atomic mass is 9.85. The molecule has 0 unspecified atom stereocenters. The van der Waals surface area contributed by atoms with E-state index in [4.69, 9.17) is 4.74 Å². The molecule has 0 atom stereocenters. The quantitative estimate of drug-likeness (QED) is 0.784. The third-order valence-corrected chi connectivity index (χ3v) is 3.48. The molecule has 98 valence electrons. The van der Waals surface area contributed by atoms with Crippen LogP contribution < -0.4 is 10.1 Å². The molecule has 0 saturated heterocycles. The number of hydrogen-bond donors (Lipinski definition) is 1. The van der Waals surface area contributed by atoms with Crippen LogP contribution in [0.1, 0.15) is 31.7 Å². The lowest BCUT2D eigenvalue weighted by Gasteiger charge is -2.23. The van der Waals surface area contributed by atoms with E-state index in [0.717, 1.165) is 25.0 Å². The van der Waals surface area contributed by atoms with Crippen LogP contribution in [0.4, 0.5) is 0 Å². The molecule has 0 bridgehead atoms. The maximum Gasteiger partial charge on any atom is 0.223 e. The lowest BCUT2D eigenvalue weighted by Crippen LogP contribution is -2.36. The number of ether oxygens (including phenoxy) is 1. The Bertz CT molecular complexity index is 382. The first-order chi connectivity index (χ1) is 8.79. The molecule has 0 radical (unpaired) electrons. The second-order valence-electron chi connectivity index (χ2n) is 4.76. The van der Waals surface area contributed by atoms with Crippen molar-refractivity contribution in [2.45, 2.75) is 32.6 Å². The molecule has 0 spiro atoms. The molecule has 18 heavy (non-hydrogen) atoms. The van der Waals surface area contributed by atoms with Crippen molar-refractivity contribution in [1.82, 2.24) is 5.32 Å². The van der Waals surface area contributed by atoms with Crippen molar-refractivity contribution in [3.05, 3.63) is 29.8 Å². The third kappa shape index (κ3) is 3.49. The summed E-state index contributed by atoms with van der Waals surface area (Å²) >= 11 is 0. The molecule has 1 aliphatic rings. The molecule has 1 aromatic rings. The number of hydrogen-bond acceptors (Lipinski definition) is 2. The van der Waals surface area contributed by atoms with Gasteiger partial charge in [0.05, 0.1) is 6.54 Å². The Morgan fingerprint density at radius 3 is 2.61 bits per heavy atom. The van der Waals surface area contributed by atoms with Gasteiger partial charge in [-0.1, -0.05) is 25.5 Å². The minimum atomic E-state index is 0.186. The molecular formula is C15H21NO2. The Morgan fingerprint density at radius 1 is 1.33 bits per heavy atom. The fourth-order valence-corrected chi connectivity index (χ4v) is 1.98. The number of nitrogens with one attached hydrogen (secondary N) is 1. The first-order valence-electron chi connectivity index (χ1n) is 6.79. The standard InChI is InChI=1S/C15H21NO2/c1-2-12-6-8-14(9-7-12)18-11-10-16-15(17)13-4-3-5-13/h6-9,13H,2-5,10-11H2,1H3,(H,16,17). The van der Waals surface area contributed by atoms with E-state index in [1.54, 1.807) is 0 Å². The Morgan fingerprint density at radius 2 is 2.06 bits per heavy atom. The summed E-state index contributed by atoms with van der Waals surface area (Å²) in [6.45, 7) is 3.25. The molecule has 1 N–H and O–H groups in total. The summed E-state index contributed by atoms with van der Waals surface area (Å²) in [6.07, 6.45) is 4.33. The van der Waals surface area contributed by atoms with Crippen molar-refractivity contribution < 1.29 is 9.53 Å². The molecule has 0 heterocycles. The summed E-state index contributed by atoms with van der Waals surface area (Å²) < 4.78 is 5.57. The molecule has 1 amide bonds. The molecule has 3 heteroatoms. The topological polar surface area (TPSA) is 38.3 Å². The summed E-state index contributed by atoms with van der Waals surface area (Å²) in [4.78, 5) is 11.6. The van der Waals surface area contributed by atoms with Gasteiger partial charge < -0.3 is 10.1 Å². The Balaban J connectivity index is 1.63. The average Bonchev–Trinajstić information content (AvgIpc) is 2.33. The molecule has 3 nitrogen and oxygen atoms in total. The second kappa shape index (κ2) is 6.43. The molecular weight excluding hydrogens is 226 g/mol. The summed E-state index contributed by atoms with van der Waals surface area (Å²) in [6, 6.07) is 8.10. The van der Waals surface area contributed by atoms with E-state index in [9.17, 15) is 4.79 Å². The molecule has 0 aromatic heterocycles. The van der Waals surface area contributed by atoms with Crippen LogP contribution >= 0.6 is 0 Å². The monoisotopic (exact) mass is 247 g/mol. The Labute approximate surface area is 109 Å². The number of carbonyl (C=O) groups excluding carboxylic acids is 1. The van der Waals surface area contributed by atoms with Crippen LogP contribution in [0.3, 0.4) is 0 Å². The predicted molar refractivity (Wildman–Crippen MR) is 71.7 cm³/mol. The maximum atomic E-state index is 11.6. The smallest absolute Gasteiger partial charge is 0.223 e. The maximum absolute atomic E-state index is 11.6. The Kier molecular flexibility index (Phi) is 4.62. The molecule has 0 aliphatic heterocycles. The number of amides is 1. The van der Waals surface area contributed by atoms with Gasteiger partial charge in [0.1, 0.15) is 12.4 Å². The predicted octanol–water partition coefficient (Wildman–Crippen LogP) is 2.54. The van der Waals surface area contributed by atoms with E-state index < -0.39 is 0 Å². The first kappa shape index (κ1) is 12.9. The van der Waals surface area contributed by atoms with E-state index in [1.165, 1.54) is 12.0 Å². The Hall–Kier alpha value is -1.51. The highest BCUT2D eigenvalue weighted by Gasteiger charge is 2.24. The van der Waals surface area contributed by atoms with Gasteiger partial charge in [0.2, 0.25) is 5.91 Å². The van der Waals surface area contributed by atoms with Crippen LogP contribution in [0.15, 0.2) is 24.3 Å². The van der Waals surface area contributed by atoms with Crippen molar-refractivity contribution in [1.29, 1.82) is 0 Å². The van der Waals surface area contributed by atoms with Gasteiger partial charge >= 0.3 is 0 Å². The van der Waals surface area contributed by atoms with Gasteiger partial charge in [-0.2, -0.15) is 0 Å². The SMILES string of the molecule is CCc1ccc(OCCNC(=O)C2CCC2)cc1. The molecule has 1 fully saturated rings. The highest BCUT2D eigenvalue weighted by molar-refractivity contribution is 5.79. The number of benzene rings is 1. The molecule has 1 saturated carbocycles. The van der Waals surface area contributed by atoms with Crippen molar-refractivity contribution in [2.75, 3.05) is 13.2 Å². The molecule has 1 aromatic carbocycles. The van der Waals surface area contributed by atoms with Crippen molar-refractivity contribution in [3.63, 3.8) is 0 Å². The average molecular weight is 247 g/mol. The zero-order valence-corrected chi connectivity index (χ0v) is 10.9. The molecule has 2 rings (SSSR count). The largest absolute Gasteiger partial charge is 0.492 e. The highest BCUT2D eigenvalue weighted by atomic mass is 16.5. The minimum absolute atomic E-state index is 0.186. The fraction of sp³-hybridized carbons (Fsp3) is 0.533. The van der Waals surface area contributed by atoms with Gasteiger partial charge in [-0.05, 0) is 37.0 Å². The van der Waals surface area contributed by atoms with Crippen LogP contribution in [0.5, 0.6) is 5.75 Å². The van der Waals surface area contributed by atoms with Gasteiger partial charge in [-0.25, -0.2) is 0 Å². The first-order valence-corrected chi connectivity index (χ1v) is 6.79. The normalized spacial score (nSPS) is 14.9. The van der Waals surface area contributed by atoms with Crippen molar-refractivity contribution in [3.8, 4) is 5.75 Å². The highest BCUT2D eigenvalue weighted by Crippen LogP contribution is 2.25. The second-order valence-corrected chi connectivity index (χ2v) is 4.76. The summed E-state index contributed by atoms with van der Waals surface area (Å²) in [7, 11) is 0. The van der Waals surface area contributed by atoms with Crippen LogP contribution in [0.25, 0.3) is 0 Å². The third-order valence-electron chi connectivity index (χ3n) is 3.48. The summed E-state index contributed by atoms with van der Waals surface area (Å²) in [5.41, 5.74) is 1.31.